The van der Waals surface area contributed by atoms with Crippen molar-refractivity contribution in [3.8, 4) is 6.07 Å². The molecule has 0 radical (unpaired) electrons. The molecule has 2 aromatic carbocycles. The molecule has 1 amide bonds. The summed E-state index contributed by atoms with van der Waals surface area (Å²) in [7, 11) is 0. The van der Waals surface area contributed by atoms with E-state index >= 15 is 0 Å². The van der Waals surface area contributed by atoms with Crippen LogP contribution in [-0.4, -0.2) is 28.8 Å². The topological polar surface area (TPSA) is 62.6 Å². The summed E-state index contributed by atoms with van der Waals surface area (Å²) in [5.41, 5.74) is 2.18. The van der Waals surface area contributed by atoms with Crippen molar-refractivity contribution in [1.82, 2.24) is 4.90 Å². The van der Waals surface area contributed by atoms with Crippen molar-refractivity contribution in [2.45, 2.75) is 64.2 Å². The molecule has 1 aliphatic heterocycles. The van der Waals surface area contributed by atoms with E-state index in [1.54, 1.807) is 0 Å². The molecule has 1 saturated heterocycles. The highest BCUT2D eigenvalue weighted by Gasteiger charge is 2.36. The Kier molecular flexibility index (Phi) is 7.03. The molecular formula is C24H28N2O3. The number of benzene rings is 2. The summed E-state index contributed by atoms with van der Waals surface area (Å²) in [5, 5.41) is 9.03. The van der Waals surface area contributed by atoms with Crippen molar-refractivity contribution in [1.29, 1.82) is 5.26 Å². The van der Waals surface area contributed by atoms with Crippen LogP contribution in [0.25, 0.3) is 0 Å². The average molecular weight is 392 g/mol. The highest BCUT2D eigenvalue weighted by atomic mass is 16.7. The summed E-state index contributed by atoms with van der Waals surface area (Å²) >= 11 is 0. The first kappa shape index (κ1) is 21.0. The largest absolute Gasteiger partial charge is 0.347 e. The van der Waals surface area contributed by atoms with Crippen molar-refractivity contribution >= 4 is 5.91 Å². The molecular weight excluding hydrogens is 364 g/mol. The van der Waals surface area contributed by atoms with E-state index in [1.807, 2.05) is 79.4 Å². The SMILES string of the molecule is CC1(C)OC(CC#N)CC(CC(=O)N(Cc2ccccc2)Cc2ccccc2)O1. The lowest BCUT2D eigenvalue weighted by Gasteiger charge is -2.40. The molecule has 2 atom stereocenters. The van der Waals surface area contributed by atoms with Crippen LogP contribution in [0.2, 0.25) is 0 Å². The molecule has 29 heavy (non-hydrogen) atoms. The fraction of sp³-hybridized carbons (Fsp3) is 0.417. The predicted molar refractivity (Wildman–Crippen MR) is 110 cm³/mol. The second-order valence-electron chi connectivity index (χ2n) is 7.90. The molecule has 5 heteroatoms. The van der Waals surface area contributed by atoms with Crippen molar-refractivity contribution < 1.29 is 14.3 Å². The van der Waals surface area contributed by atoms with Crippen LogP contribution in [-0.2, 0) is 27.4 Å². The van der Waals surface area contributed by atoms with E-state index in [2.05, 4.69) is 6.07 Å². The molecule has 0 spiro atoms. The van der Waals surface area contributed by atoms with Gasteiger partial charge in [-0.05, 0) is 25.0 Å². The number of carbonyl (C=O) groups is 1. The Morgan fingerprint density at radius 2 is 1.52 bits per heavy atom. The third-order valence-electron chi connectivity index (χ3n) is 4.93. The summed E-state index contributed by atoms with van der Waals surface area (Å²) in [6.07, 6.45) is 0.647. The van der Waals surface area contributed by atoms with Crippen molar-refractivity contribution in [3.63, 3.8) is 0 Å². The van der Waals surface area contributed by atoms with Gasteiger partial charge in [-0.1, -0.05) is 60.7 Å². The van der Waals surface area contributed by atoms with Crippen LogP contribution in [0.1, 0.15) is 44.2 Å². The lowest BCUT2D eigenvalue weighted by Crippen LogP contribution is -2.46. The van der Waals surface area contributed by atoms with Gasteiger partial charge in [0.15, 0.2) is 5.79 Å². The van der Waals surface area contributed by atoms with Crippen molar-refractivity contribution in [2.75, 3.05) is 0 Å². The quantitative estimate of drug-likeness (QED) is 0.699. The highest BCUT2D eigenvalue weighted by molar-refractivity contribution is 5.76. The number of rotatable bonds is 7. The third kappa shape index (κ3) is 6.42. The Hall–Kier alpha value is -2.68. The zero-order valence-corrected chi connectivity index (χ0v) is 17.1. The predicted octanol–water partition coefficient (Wildman–Crippen LogP) is 4.43. The first-order chi connectivity index (χ1) is 13.9. The van der Waals surface area contributed by atoms with Gasteiger partial charge in [0, 0.05) is 19.5 Å². The number of carbonyl (C=O) groups excluding carboxylic acids is 1. The summed E-state index contributed by atoms with van der Waals surface area (Å²) < 4.78 is 11.8. The molecule has 2 unspecified atom stereocenters. The number of hydrogen-bond donors (Lipinski definition) is 0. The number of nitrogens with zero attached hydrogens (tertiary/aromatic N) is 2. The van der Waals surface area contributed by atoms with Crippen LogP contribution in [0, 0.1) is 11.3 Å². The second-order valence-corrected chi connectivity index (χ2v) is 7.90. The molecule has 0 saturated carbocycles. The minimum Gasteiger partial charge on any atom is -0.347 e. The molecule has 1 aliphatic rings. The molecule has 152 valence electrons. The Labute approximate surface area is 172 Å². The van der Waals surface area contributed by atoms with Gasteiger partial charge >= 0.3 is 0 Å². The molecule has 1 fully saturated rings. The van der Waals surface area contributed by atoms with E-state index in [0.29, 0.717) is 25.9 Å². The van der Waals surface area contributed by atoms with E-state index in [1.165, 1.54) is 0 Å². The summed E-state index contributed by atoms with van der Waals surface area (Å²) in [5.74, 6) is -0.759. The van der Waals surface area contributed by atoms with Crippen molar-refractivity contribution in [3.05, 3.63) is 71.8 Å². The molecule has 0 aromatic heterocycles. The van der Waals surface area contributed by atoms with Gasteiger partial charge in [0.05, 0.1) is 31.1 Å². The van der Waals surface area contributed by atoms with Gasteiger partial charge in [-0.15, -0.1) is 0 Å². The van der Waals surface area contributed by atoms with Gasteiger partial charge in [-0.3, -0.25) is 4.79 Å². The monoisotopic (exact) mass is 392 g/mol. The van der Waals surface area contributed by atoms with E-state index in [0.717, 1.165) is 11.1 Å². The first-order valence-electron chi connectivity index (χ1n) is 10.0. The summed E-state index contributed by atoms with van der Waals surface area (Å²) in [4.78, 5) is 15.1. The van der Waals surface area contributed by atoms with Crippen LogP contribution in [0.15, 0.2) is 60.7 Å². The van der Waals surface area contributed by atoms with Crippen LogP contribution < -0.4 is 0 Å². The smallest absolute Gasteiger partial charge is 0.225 e. The molecule has 0 aliphatic carbocycles. The lowest BCUT2D eigenvalue weighted by molar-refractivity contribution is -0.298. The van der Waals surface area contributed by atoms with Crippen LogP contribution in [0.3, 0.4) is 0 Å². The van der Waals surface area contributed by atoms with Gasteiger partial charge in [-0.2, -0.15) is 5.26 Å². The summed E-state index contributed by atoms with van der Waals surface area (Å²) in [6, 6.07) is 22.2. The highest BCUT2D eigenvalue weighted by Crippen LogP contribution is 2.30. The maximum absolute atomic E-state index is 13.2. The average Bonchev–Trinajstić information content (AvgIpc) is 2.68. The van der Waals surface area contributed by atoms with E-state index in [4.69, 9.17) is 14.7 Å². The van der Waals surface area contributed by atoms with Gasteiger partial charge in [0.2, 0.25) is 5.91 Å². The molecule has 3 rings (SSSR count). The standard InChI is InChI=1S/C24H28N2O3/c1-24(2)28-21(13-14-25)15-22(29-24)16-23(27)26(17-19-9-5-3-6-10-19)18-20-11-7-4-8-12-20/h3-12,21-22H,13,15-18H2,1-2H3. The van der Waals surface area contributed by atoms with Crippen LogP contribution in [0.4, 0.5) is 0 Å². The molecule has 5 nitrogen and oxygen atoms in total. The van der Waals surface area contributed by atoms with Gasteiger partial charge < -0.3 is 14.4 Å². The molecule has 1 heterocycles. The zero-order chi connectivity index (χ0) is 20.7. The lowest BCUT2D eigenvalue weighted by atomic mass is 10.0. The fourth-order valence-electron chi connectivity index (χ4n) is 3.74. The number of ether oxygens (including phenoxy) is 2. The Balaban J connectivity index is 1.72. The second kappa shape index (κ2) is 9.69. The molecule has 2 aromatic rings. The first-order valence-corrected chi connectivity index (χ1v) is 10.0. The maximum atomic E-state index is 13.2. The number of amides is 1. The number of nitriles is 1. The third-order valence-corrected chi connectivity index (χ3v) is 4.93. The van der Waals surface area contributed by atoms with Gasteiger partial charge in [0.25, 0.3) is 0 Å². The van der Waals surface area contributed by atoms with Crippen molar-refractivity contribution in [2.24, 2.45) is 0 Å². The minimum atomic E-state index is -0.797. The van der Waals surface area contributed by atoms with Gasteiger partial charge in [0.1, 0.15) is 0 Å². The normalized spacial score (nSPS) is 20.6. The van der Waals surface area contributed by atoms with E-state index in [9.17, 15) is 4.79 Å². The number of hydrogen-bond acceptors (Lipinski definition) is 4. The van der Waals surface area contributed by atoms with Gasteiger partial charge in [-0.25, -0.2) is 0 Å². The van der Waals surface area contributed by atoms with Crippen LogP contribution in [0.5, 0.6) is 0 Å². The fourth-order valence-corrected chi connectivity index (χ4v) is 3.74. The Morgan fingerprint density at radius 1 is 1.00 bits per heavy atom. The minimum absolute atomic E-state index is 0.0381. The zero-order valence-electron chi connectivity index (χ0n) is 17.1. The molecule has 0 bridgehead atoms. The van der Waals surface area contributed by atoms with Crippen LogP contribution >= 0.6 is 0 Å². The van der Waals surface area contributed by atoms with E-state index in [-0.39, 0.29) is 24.5 Å². The maximum Gasteiger partial charge on any atom is 0.225 e. The Bertz CT molecular complexity index is 789. The Morgan fingerprint density at radius 3 is 2.03 bits per heavy atom. The molecule has 0 N–H and O–H groups in total. The van der Waals surface area contributed by atoms with E-state index < -0.39 is 5.79 Å². The summed E-state index contributed by atoms with van der Waals surface area (Å²) in [6.45, 7) is 4.76.